The van der Waals surface area contributed by atoms with Crippen LogP contribution in [0.4, 0.5) is 0 Å². The van der Waals surface area contributed by atoms with E-state index in [0.717, 1.165) is 6.42 Å². The fourth-order valence-electron chi connectivity index (χ4n) is 1.78. The van der Waals surface area contributed by atoms with Crippen LogP contribution in [0.3, 0.4) is 0 Å². The van der Waals surface area contributed by atoms with Crippen molar-refractivity contribution in [2.45, 2.75) is 19.9 Å². The minimum absolute atomic E-state index is 0.102. The molecule has 2 aromatic rings. The molecule has 0 unspecified atom stereocenters. The van der Waals surface area contributed by atoms with Gasteiger partial charge in [0.15, 0.2) is 5.56 Å². The molecule has 2 heterocycles. The molecule has 1 N–H and O–H groups in total. The van der Waals surface area contributed by atoms with Gasteiger partial charge >= 0.3 is 5.97 Å². The minimum atomic E-state index is -1.29. The van der Waals surface area contributed by atoms with E-state index in [-0.39, 0.29) is 11.3 Å². The highest BCUT2D eigenvalue weighted by atomic mass is 16.4. The summed E-state index contributed by atoms with van der Waals surface area (Å²) in [5, 5.41) is 9.22. The van der Waals surface area contributed by atoms with Crippen LogP contribution in [0.25, 0.3) is 11.4 Å². The van der Waals surface area contributed by atoms with Gasteiger partial charge in [-0.1, -0.05) is 13.0 Å². The molecule has 0 saturated carbocycles. The first-order valence-electron chi connectivity index (χ1n) is 5.89. The lowest BCUT2D eigenvalue weighted by atomic mass is 10.1. The van der Waals surface area contributed by atoms with Crippen LogP contribution < -0.4 is 5.56 Å². The van der Waals surface area contributed by atoms with Gasteiger partial charge in [0, 0.05) is 12.7 Å². The Labute approximate surface area is 109 Å². The van der Waals surface area contributed by atoms with Gasteiger partial charge in [-0.15, -0.1) is 0 Å². The second-order valence-electron chi connectivity index (χ2n) is 3.99. The monoisotopic (exact) mass is 259 g/mol. The zero-order chi connectivity index (χ0) is 13.8. The van der Waals surface area contributed by atoms with E-state index in [1.54, 1.807) is 18.2 Å². The van der Waals surface area contributed by atoms with E-state index in [1.165, 1.54) is 17.1 Å². The number of aromatic nitrogens is 3. The molecular weight excluding hydrogens is 246 g/mol. The third-order valence-corrected chi connectivity index (χ3v) is 2.62. The Balaban J connectivity index is 2.66. The molecule has 0 radical (unpaired) electrons. The number of pyridine rings is 1. The Morgan fingerprint density at radius 1 is 1.37 bits per heavy atom. The fourth-order valence-corrected chi connectivity index (χ4v) is 1.78. The number of rotatable bonds is 4. The quantitative estimate of drug-likeness (QED) is 0.897. The minimum Gasteiger partial charge on any atom is -0.477 e. The first-order chi connectivity index (χ1) is 9.15. The van der Waals surface area contributed by atoms with Crippen LogP contribution in [-0.2, 0) is 6.54 Å². The maximum Gasteiger partial charge on any atom is 0.343 e. The van der Waals surface area contributed by atoms with Crippen molar-refractivity contribution >= 4 is 5.97 Å². The topological polar surface area (TPSA) is 85.1 Å². The third kappa shape index (κ3) is 2.52. The van der Waals surface area contributed by atoms with Crippen LogP contribution in [-0.4, -0.2) is 25.6 Å². The van der Waals surface area contributed by atoms with E-state index in [0.29, 0.717) is 12.2 Å². The summed E-state index contributed by atoms with van der Waals surface area (Å²) in [6.45, 7) is 2.34. The molecule has 0 aliphatic rings. The molecule has 0 fully saturated rings. The van der Waals surface area contributed by atoms with Crippen molar-refractivity contribution in [2.75, 3.05) is 0 Å². The summed E-state index contributed by atoms with van der Waals surface area (Å²) >= 11 is 0. The lowest BCUT2D eigenvalue weighted by Gasteiger charge is -2.08. The molecule has 0 amide bonds. The molecule has 0 bridgehead atoms. The van der Waals surface area contributed by atoms with E-state index < -0.39 is 11.5 Å². The SMILES string of the molecule is CCCn1cnc(-c2ccccn2)c(C(=O)O)c1=O. The Hall–Kier alpha value is -2.50. The van der Waals surface area contributed by atoms with E-state index in [9.17, 15) is 14.7 Å². The van der Waals surface area contributed by atoms with Crippen molar-refractivity contribution in [3.05, 3.63) is 46.6 Å². The molecule has 6 heteroatoms. The Morgan fingerprint density at radius 3 is 2.74 bits per heavy atom. The zero-order valence-corrected chi connectivity index (χ0v) is 10.4. The van der Waals surface area contributed by atoms with Crippen molar-refractivity contribution in [1.29, 1.82) is 0 Å². The van der Waals surface area contributed by atoms with Crippen LogP contribution in [0.15, 0.2) is 35.5 Å². The van der Waals surface area contributed by atoms with Gasteiger partial charge in [-0.3, -0.25) is 14.3 Å². The molecule has 6 nitrogen and oxygen atoms in total. The van der Waals surface area contributed by atoms with Gasteiger partial charge in [0.2, 0.25) is 0 Å². The summed E-state index contributed by atoms with van der Waals surface area (Å²) in [6.07, 6.45) is 3.62. The maximum absolute atomic E-state index is 12.1. The summed E-state index contributed by atoms with van der Waals surface area (Å²) in [5.74, 6) is -1.29. The first kappa shape index (κ1) is 12.9. The molecule has 98 valence electrons. The Morgan fingerprint density at radius 2 is 2.16 bits per heavy atom. The van der Waals surface area contributed by atoms with Crippen LogP contribution in [0, 0.1) is 0 Å². The third-order valence-electron chi connectivity index (χ3n) is 2.62. The van der Waals surface area contributed by atoms with Crippen molar-refractivity contribution in [1.82, 2.24) is 14.5 Å². The van der Waals surface area contributed by atoms with Crippen molar-refractivity contribution in [3.63, 3.8) is 0 Å². The average Bonchev–Trinajstić information content (AvgIpc) is 2.41. The second kappa shape index (κ2) is 5.43. The second-order valence-corrected chi connectivity index (χ2v) is 3.99. The molecule has 0 aromatic carbocycles. The van der Waals surface area contributed by atoms with Gasteiger partial charge in [0.1, 0.15) is 5.69 Å². The molecule has 0 spiro atoms. The molecule has 0 aliphatic carbocycles. The lowest BCUT2D eigenvalue weighted by molar-refractivity contribution is 0.0694. The van der Waals surface area contributed by atoms with E-state index >= 15 is 0 Å². The Kier molecular flexibility index (Phi) is 3.70. The molecule has 2 aromatic heterocycles. The number of aryl methyl sites for hydroxylation is 1. The highest BCUT2D eigenvalue weighted by Crippen LogP contribution is 2.15. The molecule has 2 rings (SSSR count). The van der Waals surface area contributed by atoms with Gasteiger partial charge in [0.25, 0.3) is 5.56 Å². The van der Waals surface area contributed by atoms with Crippen LogP contribution in [0.2, 0.25) is 0 Å². The van der Waals surface area contributed by atoms with Gasteiger partial charge in [-0.25, -0.2) is 9.78 Å². The summed E-state index contributed by atoms with van der Waals surface area (Å²) in [4.78, 5) is 31.5. The van der Waals surface area contributed by atoms with Crippen molar-refractivity contribution < 1.29 is 9.90 Å². The van der Waals surface area contributed by atoms with E-state index in [2.05, 4.69) is 9.97 Å². The first-order valence-corrected chi connectivity index (χ1v) is 5.89. The van der Waals surface area contributed by atoms with Gasteiger partial charge in [-0.05, 0) is 18.6 Å². The fraction of sp³-hybridized carbons (Fsp3) is 0.231. The normalized spacial score (nSPS) is 10.4. The summed E-state index contributed by atoms with van der Waals surface area (Å²) in [6, 6.07) is 5.05. The lowest BCUT2D eigenvalue weighted by Crippen LogP contribution is -2.28. The average molecular weight is 259 g/mol. The number of carbonyl (C=O) groups is 1. The number of carboxylic acids is 1. The van der Waals surface area contributed by atoms with Gasteiger partial charge in [0.05, 0.1) is 12.0 Å². The maximum atomic E-state index is 12.1. The van der Waals surface area contributed by atoms with Crippen molar-refractivity contribution in [2.24, 2.45) is 0 Å². The number of hydrogen-bond acceptors (Lipinski definition) is 4. The predicted octanol–water partition coefficient (Wildman–Crippen LogP) is 1.41. The number of hydrogen-bond donors (Lipinski definition) is 1. The van der Waals surface area contributed by atoms with Gasteiger partial charge < -0.3 is 5.11 Å². The highest BCUT2D eigenvalue weighted by molar-refractivity contribution is 5.93. The largest absolute Gasteiger partial charge is 0.477 e. The number of carboxylic acid groups (broad SMARTS) is 1. The predicted molar refractivity (Wildman–Crippen MR) is 69.0 cm³/mol. The van der Waals surface area contributed by atoms with E-state index in [4.69, 9.17) is 0 Å². The standard InChI is InChI=1S/C13H13N3O3/c1-2-7-16-8-15-11(9-5-3-4-6-14-9)10(12(16)17)13(18)19/h3-6,8H,2,7H2,1H3,(H,18,19). The van der Waals surface area contributed by atoms with Gasteiger partial charge in [-0.2, -0.15) is 0 Å². The molecule has 19 heavy (non-hydrogen) atoms. The summed E-state index contributed by atoms with van der Waals surface area (Å²) < 4.78 is 1.30. The van der Waals surface area contributed by atoms with Crippen LogP contribution in [0.1, 0.15) is 23.7 Å². The number of aromatic carboxylic acids is 1. The van der Waals surface area contributed by atoms with Crippen LogP contribution in [0.5, 0.6) is 0 Å². The molecule has 0 saturated heterocycles. The van der Waals surface area contributed by atoms with Crippen molar-refractivity contribution in [3.8, 4) is 11.4 Å². The zero-order valence-electron chi connectivity index (χ0n) is 10.4. The number of nitrogens with zero attached hydrogens (tertiary/aromatic N) is 3. The van der Waals surface area contributed by atoms with Crippen LogP contribution >= 0.6 is 0 Å². The summed E-state index contributed by atoms with van der Waals surface area (Å²) in [7, 11) is 0. The highest BCUT2D eigenvalue weighted by Gasteiger charge is 2.20. The van der Waals surface area contributed by atoms with E-state index in [1.807, 2.05) is 6.92 Å². The molecular formula is C13H13N3O3. The molecule has 0 atom stereocenters. The summed E-state index contributed by atoms with van der Waals surface area (Å²) in [5.41, 5.74) is -0.411. The Bertz CT molecular complexity index is 650. The smallest absolute Gasteiger partial charge is 0.343 e. The molecule has 0 aliphatic heterocycles.